The summed E-state index contributed by atoms with van der Waals surface area (Å²) in [6, 6.07) is 11.4. The molecule has 4 aliphatic rings. The maximum Gasteiger partial charge on any atom is 0.286 e. The van der Waals surface area contributed by atoms with Crippen molar-refractivity contribution in [2.75, 3.05) is 31.7 Å². The molecular formula is C38H46ClN5O6S. The predicted molar refractivity (Wildman–Crippen MR) is 197 cm³/mol. The van der Waals surface area contributed by atoms with E-state index in [9.17, 15) is 18.9 Å². The number of amides is 2. The second-order valence-electron chi connectivity index (χ2n) is 14.7. The minimum atomic E-state index is -3.70. The van der Waals surface area contributed by atoms with Gasteiger partial charge in [-0.3, -0.25) is 19.0 Å². The second-order valence-corrected chi connectivity index (χ2v) is 17.5. The number of rotatable bonds is 3. The molecule has 2 amide bonds. The molecular weight excluding hydrogens is 690 g/mol. The zero-order valence-corrected chi connectivity index (χ0v) is 31.1. The number of methoxy groups -OCH3 is 1. The fourth-order valence-corrected chi connectivity index (χ4v) is 10.3. The number of aliphatic hydroxyl groups excluding tert-OH is 1. The van der Waals surface area contributed by atoms with Crippen molar-refractivity contribution in [2.45, 2.75) is 69.1 Å². The van der Waals surface area contributed by atoms with Crippen molar-refractivity contribution >= 4 is 39.0 Å². The first-order valence-electron chi connectivity index (χ1n) is 17.7. The number of ether oxygens (including phenoxy) is 2. The van der Waals surface area contributed by atoms with E-state index in [2.05, 4.69) is 31.2 Å². The van der Waals surface area contributed by atoms with Gasteiger partial charge in [-0.2, -0.15) is 0 Å². The summed E-state index contributed by atoms with van der Waals surface area (Å²) in [7, 11) is -0.658. The van der Waals surface area contributed by atoms with Gasteiger partial charge in [0.1, 0.15) is 21.2 Å². The Balaban J connectivity index is 1.32. The predicted octanol–water partition coefficient (Wildman–Crippen LogP) is 5.88. The SMILES string of the molecule is COc1nn(C)cc1C(=O)NS1(=O)=NC(=O)c2ccc3c(c2)N(C[C@@H]2CC[C@H]2[C@@H](O)/C=C/C[C@H](C)[C@H]1C)C[C@@]1(CCCc2cc(Cl)ccc21)CO3. The van der Waals surface area contributed by atoms with Gasteiger partial charge in [-0.25, -0.2) is 4.21 Å². The number of carbonyl (C=O) groups excluding carboxylic acids is 2. The Bertz CT molecular complexity index is 2010. The van der Waals surface area contributed by atoms with E-state index in [1.54, 1.807) is 32.2 Å². The first-order valence-corrected chi connectivity index (χ1v) is 19.7. The topological polar surface area (TPSA) is 135 Å². The average molecular weight is 736 g/mol. The number of benzene rings is 2. The molecule has 13 heteroatoms. The lowest BCUT2D eigenvalue weighted by Crippen LogP contribution is -2.49. The third kappa shape index (κ3) is 6.78. The summed E-state index contributed by atoms with van der Waals surface area (Å²) in [4.78, 5) is 30.0. The number of hydrogen-bond donors (Lipinski definition) is 2. The highest BCUT2D eigenvalue weighted by atomic mass is 35.5. The number of allylic oxidation sites excluding steroid dienone is 1. The quantitative estimate of drug-likeness (QED) is 0.319. The lowest BCUT2D eigenvalue weighted by Gasteiger charge is -2.45. The highest BCUT2D eigenvalue weighted by Crippen LogP contribution is 2.47. The van der Waals surface area contributed by atoms with Crippen molar-refractivity contribution in [1.29, 1.82) is 0 Å². The molecule has 11 nitrogen and oxygen atoms in total. The molecule has 0 saturated heterocycles. The second kappa shape index (κ2) is 13.9. The number of fused-ring (bicyclic) bond motifs is 4. The Morgan fingerprint density at radius 2 is 2.02 bits per heavy atom. The molecule has 1 unspecified atom stereocenters. The third-order valence-electron chi connectivity index (χ3n) is 11.5. The van der Waals surface area contributed by atoms with E-state index in [1.807, 2.05) is 25.1 Å². The maximum atomic E-state index is 14.8. The minimum absolute atomic E-state index is 0.0664. The van der Waals surface area contributed by atoms with Gasteiger partial charge in [-0.05, 0) is 105 Å². The molecule has 3 heterocycles. The molecule has 1 fully saturated rings. The van der Waals surface area contributed by atoms with Gasteiger partial charge in [0.15, 0.2) is 0 Å². The molecule has 2 aromatic carbocycles. The van der Waals surface area contributed by atoms with Crippen LogP contribution in [0.15, 0.2) is 59.1 Å². The number of nitrogens with one attached hydrogen (secondary N) is 1. The fourth-order valence-electron chi connectivity index (χ4n) is 8.22. The summed E-state index contributed by atoms with van der Waals surface area (Å²) in [6.45, 7) is 5.43. The van der Waals surface area contributed by atoms with Gasteiger partial charge in [0, 0.05) is 42.3 Å². The Morgan fingerprint density at radius 3 is 2.78 bits per heavy atom. The number of aryl methyl sites for hydroxylation is 2. The lowest BCUT2D eigenvalue weighted by atomic mass is 9.68. The van der Waals surface area contributed by atoms with Gasteiger partial charge in [0.25, 0.3) is 11.8 Å². The zero-order valence-electron chi connectivity index (χ0n) is 29.5. The van der Waals surface area contributed by atoms with Gasteiger partial charge in [-0.1, -0.05) is 36.7 Å². The van der Waals surface area contributed by atoms with Crippen LogP contribution in [0.1, 0.15) is 77.8 Å². The van der Waals surface area contributed by atoms with E-state index in [4.69, 9.17) is 21.1 Å². The Morgan fingerprint density at radius 1 is 1.20 bits per heavy atom. The summed E-state index contributed by atoms with van der Waals surface area (Å²) in [5.41, 5.74) is 3.25. The van der Waals surface area contributed by atoms with Gasteiger partial charge in [0.05, 0.1) is 30.8 Å². The molecule has 7 rings (SSSR count). The van der Waals surface area contributed by atoms with E-state index in [1.165, 1.54) is 29.1 Å². The first kappa shape index (κ1) is 35.5. The molecule has 2 aliphatic heterocycles. The van der Waals surface area contributed by atoms with Crippen LogP contribution in [0, 0.1) is 17.8 Å². The summed E-state index contributed by atoms with van der Waals surface area (Å²) in [5.74, 6) is -0.625. The molecule has 2 N–H and O–H groups in total. The molecule has 7 atom stereocenters. The minimum Gasteiger partial charge on any atom is -0.490 e. The molecule has 272 valence electrons. The standard InChI is InChI=1S/C38H46ClN5O6S/c1-23-7-5-9-33(45)29-13-10-27(29)19-44-21-38(16-6-8-25-17-28(39)12-14-31(25)38)22-50-34-15-11-26(18-32(34)44)35(46)41-51(48,24(23)2)42-36(47)30-20-43(3)40-37(30)49-4/h5,9,11-12,14-15,17-18,20,23-24,27,29,33,45H,6-8,10,13,16,19,21-22H2,1-4H3,(H,41,42,46,47,48)/b9-5+/t23-,24+,27-,29+,33-,38-,51?/m0/s1. The van der Waals surface area contributed by atoms with Crippen LogP contribution < -0.4 is 19.1 Å². The smallest absolute Gasteiger partial charge is 0.286 e. The molecule has 1 spiro atoms. The Kier molecular flexibility index (Phi) is 9.70. The van der Waals surface area contributed by atoms with Crippen LogP contribution in [0.3, 0.4) is 0 Å². The van der Waals surface area contributed by atoms with E-state index >= 15 is 0 Å². The highest BCUT2D eigenvalue weighted by molar-refractivity contribution is 7.93. The average Bonchev–Trinajstić information content (AvgIpc) is 3.41. The summed E-state index contributed by atoms with van der Waals surface area (Å²) in [6.07, 6.45) is 9.86. The highest BCUT2D eigenvalue weighted by Gasteiger charge is 2.44. The van der Waals surface area contributed by atoms with Crippen LogP contribution in [0.4, 0.5) is 5.69 Å². The fraction of sp³-hybridized carbons (Fsp3) is 0.500. The van der Waals surface area contributed by atoms with Crippen LogP contribution in [-0.4, -0.2) is 69.1 Å². The number of hydrogen-bond acceptors (Lipinski definition) is 8. The number of aromatic nitrogens is 2. The largest absolute Gasteiger partial charge is 0.490 e. The number of nitrogens with zero attached hydrogens (tertiary/aromatic N) is 4. The molecule has 0 radical (unpaired) electrons. The van der Waals surface area contributed by atoms with Crippen molar-refractivity contribution < 1.29 is 28.4 Å². The summed E-state index contributed by atoms with van der Waals surface area (Å²) >= 11 is 6.44. The number of anilines is 1. The van der Waals surface area contributed by atoms with Crippen LogP contribution in [-0.2, 0) is 28.8 Å². The summed E-state index contributed by atoms with van der Waals surface area (Å²) < 4.78 is 35.0. The van der Waals surface area contributed by atoms with Gasteiger partial charge in [0.2, 0.25) is 5.88 Å². The third-order valence-corrected chi connectivity index (χ3v) is 14.1. The molecule has 1 aromatic heterocycles. The van der Waals surface area contributed by atoms with Crippen molar-refractivity contribution in [2.24, 2.45) is 29.2 Å². The van der Waals surface area contributed by atoms with Gasteiger partial charge >= 0.3 is 0 Å². The summed E-state index contributed by atoms with van der Waals surface area (Å²) in [5, 5.41) is 15.5. The van der Waals surface area contributed by atoms with Crippen LogP contribution in [0.2, 0.25) is 5.02 Å². The van der Waals surface area contributed by atoms with Gasteiger partial charge in [-0.15, -0.1) is 9.46 Å². The van der Waals surface area contributed by atoms with Crippen LogP contribution in [0.25, 0.3) is 0 Å². The number of halogens is 1. The first-order chi connectivity index (χ1) is 24.4. The normalized spacial score (nSPS) is 31.2. The van der Waals surface area contributed by atoms with Crippen molar-refractivity contribution in [3.63, 3.8) is 0 Å². The molecule has 51 heavy (non-hydrogen) atoms. The molecule has 2 aliphatic carbocycles. The van der Waals surface area contributed by atoms with E-state index in [0.29, 0.717) is 31.9 Å². The molecule has 3 aromatic rings. The van der Waals surface area contributed by atoms with E-state index in [-0.39, 0.29) is 40.2 Å². The Labute approximate surface area is 304 Å². The van der Waals surface area contributed by atoms with Gasteiger partial charge < -0.3 is 19.5 Å². The van der Waals surface area contributed by atoms with Crippen molar-refractivity contribution in [1.82, 2.24) is 14.5 Å². The van der Waals surface area contributed by atoms with Crippen LogP contribution >= 0.6 is 11.6 Å². The maximum absolute atomic E-state index is 14.8. The van der Waals surface area contributed by atoms with E-state index < -0.39 is 33.1 Å². The number of carbonyl (C=O) groups is 2. The van der Waals surface area contributed by atoms with Crippen molar-refractivity contribution in [3.8, 4) is 11.6 Å². The number of aliphatic hydroxyl groups is 1. The van der Waals surface area contributed by atoms with E-state index in [0.717, 1.165) is 42.8 Å². The zero-order chi connectivity index (χ0) is 36.1. The Hall–Kier alpha value is -3.87. The van der Waals surface area contributed by atoms with Crippen molar-refractivity contribution in [3.05, 3.63) is 82.0 Å². The monoisotopic (exact) mass is 735 g/mol. The molecule has 1 saturated carbocycles. The molecule has 2 bridgehead atoms. The van der Waals surface area contributed by atoms with Crippen LogP contribution in [0.5, 0.6) is 11.6 Å². The lowest BCUT2D eigenvalue weighted by molar-refractivity contribution is 0.0455.